The van der Waals surface area contributed by atoms with Crippen molar-refractivity contribution < 1.29 is 19.4 Å². The maximum absolute atomic E-state index is 12.0. The summed E-state index contributed by atoms with van der Waals surface area (Å²) in [6, 6.07) is 10.1. The van der Waals surface area contributed by atoms with E-state index >= 15 is 0 Å². The van der Waals surface area contributed by atoms with Crippen LogP contribution in [0.3, 0.4) is 0 Å². The van der Waals surface area contributed by atoms with Gasteiger partial charge in [0, 0.05) is 11.6 Å². The summed E-state index contributed by atoms with van der Waals surface area (Å²) >= 11 is 0. The maximum Gasteiger partial charge on any atom is 0.411 e. The molecule has 0 saturated carbocycles. The molecule has 0 radical (unpaired) electrons. The molecule has 6 nitrogen and oxygen atoms in total. The number of rotatable bonds is 5. The number of nitrogens with zero attached hydrogens (tertiary/aromatic N) is 1. The molecule has 0 bridgehead atoms. The van der Waals surface area contributed by atoms with Crippen molar-refractivity contribution in [2.45, 2.75) is 6.92 Å². The van der Waals surface area contributed by atoms with E-state index < -0.39 is 6.09 Å². The fourth-order valence-corrected chi connectivity index (χ4v) is 1.83. The summed E-state index contributed by atoms with van der Waals surface area (Å²) in [4.78, 5) is 27.5. The second-order valence-corrected chi connectivity index (χ2v) is 4.54. The lowest BCUT2D eigenvalue weighted by Gasteiger charge is -2.08. The van der Waals surface area contributed by atoms with Gasteiger partial charge in [0.05, 0.1) is 24.2 Å². The molecule has 2 rings (SSSR count). The van der Waals surface area contributed by atoms with Crippen LogP contribution in [0.1, 0.15) is 23.0 Å². The number of ketones is 1. The fourth-order valence-electron chi connectivity index (χ4n) is 1.83. The summed E-state index contributed by atoms with van der Waals surface area (Å²) in [5.41, 5.74) is 1.13. The van der Waals surface area contributed by atoms with Gasteiger partial charge < -0.3 is 9.84 Å². The van der Waals surface area contributed by atoms with E-state index in [1.54, 1.807) is 31.2 Å². The lowest BCUT2D eigenvalue weighted by atomic mass is 10.1. The van der Waals surface area contributed by atoms with Gasteiger partial charge in [-0.2, -0.15) is 0 Å². The largest absolute Gasteiger partial charge is 0.506 e. The summed E-state index contributed by atoms with van der Waals surface area (Å²) in [5.74, 6) is -0.300. The van der Waals surface area contributed by atoms with E-state index in [1.807, 2.05) is 6.07 Å². The Labute approximate surface area is 133 Å². The van der Waals surface area contributed by atoms with Gasteiger partial charge in [0.2, 0.25) is 0 Å². The average Bonchev–Trinajstić information content (AvgIpc) is 2.55. The Bertz CT molecular complexity index is 727. The highest BCUT2D eigenvalue weighted by molar-refractivity contribution is 6.07. The van der Waals surface area contributed by atoms with Crippen LogP contribution < -0.4 is 5.32 Å². The number of anilines is 1. The molecule has 0 unspecified atom stereocenters. The van der Waals surface area contributed by atoms with Gasteiger partial charge in [0.25, 0.3) is 0 Å². The number of aromatic hydroxyl groups is 1. The van der Waals surface area contributed by atoms with Crippen molar-refractivity contribution in [2.75, 3.05) is 11.9 Å². The molecule has 2 N–H and O–H groups in total. The summed E-state index contributed by atoms with van der Waals surface area (Å²) in [6.07, 6.45) is 3.38. The van der Waals surface area contributed by atoms with Crippen LogP contribution in [0.4, 0.5) is 10.5 Å². The predicted octanol–water partition coefficient (Wildman–Crippen LogP) is 3.25. The SMILES string of the molecule is CCOC(=O)Nc1cc(O)cnc1C=CC(=O)c1ccccc1. The molecule has 0 aliphatic rings. The van der Waals surface area contributed by atoms with Gasteiger partial charge in [-0.05, 0) is 19.1 Å². The number of hydrogen-bond acceptors (Lipinski definition) is 5. The second kappa shape index (κ2) is 7.74. The molecule has 0 aliphatic carbocycles. The predicted molar refractivity (Wildman–Crippen MR) is 86.4 cm³/mol. The van der Waals surface area contributed by atoms with E-state index in [2.05, 4.69) is 10.3 Å². The van der Waals surface area contributed by atoms with Gasteiger partial charge >= 0.3 is 6.09 Å². The van der Waals surface area contributed by atoms with Crippen molar-refractivity contribution in [3.05, 3.63) is 59.9 Å². The minimum atomic E-state index is -0.663. The lowest BCUT2D eigenvalue weighted by Crippen LogP contribution is -2.14. The first kappa shape index (κ1) is 16.2. The average molecular weight is 312 g/mol. The van der Waals surface area contributed by atoms with Crippen molar-refractivity contribution in [2.24, 2.45) is 0 Å². The zero-order chi connectivity index (χ0) is 16.7. The standard InChI is InChI=1S/C17H16N2O4/c1-2-23-17(22)19-15-10-13(20)11-18-14(15)8-9-16(21)12-6-4-3-5-7-12/h3-11,20H,2H2,1H3,(H,19,22). The van der Waals surface area contributed by atoms with Gasteiger partial charge in [0.15, 0.2) is 5.78 Å². The molecule has 1 aromatic heterocycles. The summed E-state index contributed by atoms with van der Waals surface area (Å²) in [5, 5.41) is 12.0. The monoisotopic (exact) mass is 312 g/mol. The zero-order valence-electron chi connectivity index (χ0n) is 12.5. The van der Waals surface area contributed by atoms with E-state index in [0.29, 0.717) is 11.3 Å². The number of amides is 1. The van der Waals surface area contributed by atoms with E-state index in [4.69, 9.17) is 4.74 Å². The minimum absolute atomic E-state index is 0.108. The van der Waals surface area contributed by atoms with Crippen molar-refractivity contribution in [3.8, 4) is 5.75 Å². The Balaban J connectivity index is 2.20. The van der Waals surface area contributed by atoms with Crippen LogP contribution in [0.25, 0.3) is 6.08 Å². The first-order valence-corrected chi connectivity index (χ1v) is 7.00. The molecule has 0 spiro atoms. The molecule has 0 saturated heterocycles. The van der Waals surface area contributed by atoms with Crippen molar-refractivity contribution in [1.82, 2.24) is 4.98 Å². The Morgan fingerprint density at radius 3 is 2.74 bits per heavy atom. The molecule has 2 aromatic rings. The first-order chi connectivity index (χ1) is 11.1. The Kier molecular flexibility index (Phi) is 5.46. The number of aromatic nitrogens is 1. The third kappa shape index (κ3) is 4.67. The van der Waals surface area contributed by atoms with Crippen LogP contribution >= 0.6 is 0 Å². The third-order valence-electron chi connectivity index (χ3n) is 2.87. The van der Waals surface area contributed by atoms with E-state index in [9.17, 15) is 14.7 Å². The minimum Gasteiger partial charge on any atom is -0.506 e. The molecule has 23 heavy (non-hydrogen) atoms. The van der Waals surface area contributed by atoms with E-state index in [0.717, 1.165) is 0 Å². The van der Waals surface area contributed by atoms with Gasteiger partial charge in [-0.3, -0.25) is 15.1 Å². The molecule has 1 heterocycles. The highest BCUT2D eigenvalue weighted by Crippen LogP contribution is 2.20. The van der Waals surface area contributed by atoms with Gasteiger partial charge in [-0.15, -0.1) is 0 Å². The van der Waals surface area contributed by atoms with Crippen LogP contribution in [0.5, 0.6) is 5.75 Å². The van der Waals surface area contributed by atoms with Crippen molar-refractivity contribution >= 4 is 23.6 Å². The van der Waals surface area contributed by atoms with E-state index in [-0.39, 0.29) is 23.8 Å². The Hall–Kier alpha value is -3.15. The number of pyridine rings is 1. The summed E-state index contributed by atoms with van der Waals surface area (Å²) < 4.78 is 4.79. The normalized spacial score (nSPS) is 10.5. The molecule has 1 amide bonds. The maximum atomic E-state index is 12.0. The molecular formula is C17H16N2O4. The van der Waals surface area contributed by atoms with Crippen LogP contribution in [-0.4, -0.2) is 28.6 Å². The summed E-state index contributed by atoms with van der Waals surface area (Å²) in [6.45, 7) is 1.90. The number of carbonyl (C=O) groups excluding carboxylic acids is 2. The third-order valence-corrected chi connectivity index (χ3v) is 2.87. The molecule has 118 valence electrons. The number of allylic oxidation sites excluding steroid dienone is 1. The van der Waals surface area contributed by atoms with Crippen molar-refractivity contribution in [3.63, 3.8) is 0 Å². The smallest absolute Gasteiger partial charge is 0.411 e. The number of nitrogens with one attached hydrogen (secondary N) is 1. The van der Waals surface area contributed by atoms with Gasteiger partial charge in [-0.25, -0.2) is 4.79 Å². The van der Waals surface area contributed by atoms with Crippen LogP contribution in [0.2, 0.25) is 0 Å². The van der Waals surface area contributed by atoms with Crippen LogP contribution in [-0.2, 0) is 4.74 Å². The molecular weight excluding hydrogens is 296 g/mol. The Morgan fingerprint density at radius 2 is 2.04 bits per heavy atom. The van der Waals surface area contributed by atoms with Crippen LogP contribution in [0.15, 0.2) is 48.7 Å². The van der Waals surface area contributed by atoms with Crippen molar-refractivity contribution in [1.29, 1.82) is 0 Å². The number of carbonyl (C=O) groups is 2. The molecule has 0 aliphatic heterocycles. The molecule has 1 aromatic carbocycles. The fraction of sp³-hybridized carbons (Fsp3) is 0.118. The molecule has 0 fully saturated rings. The number of benzene rings is 1. The highest BCUT2D eigenvalue weighted by Gasteiger charge is 2.09. The van der Waals surface area contributed by atoms with Crippen LogP contribution in [0, 0.1) is 0 Å². The second-order valence-electron chi connectivity index (χ2n) is 4.54. The first-order valence-electron chi connectivity index (χ1n) is 7.00. The summed E-state index contributed by atoms with van der Waals surface area (Å²) in [7, 11) is 0. The van der Waals surface area contributed by atoms with Gasteiger partial charge in [0.1, 0.15) is 5.75 Å². The lowest BCUT2D eigenvalue weighted by molar-refractivity contribution is 0.104. The number of hydrogen-bond donors (Lipinski definition) is 2. The zero-order valence-corrected chi connectivity index (χ0v) is 12.5. The molecule has 6 heteroatoms. The number of ether oxygens (including phenoxy) is 1. The van der Waals surface area contributed by atoms with E-state index in [1.165, 1.54) is 24.4 Å². The Morgan fingerprint density at radius 1 is 1.30 bits per heavy atom. The van der Waals surface area contributed by atoms with Gasteiger partial charge in [-0.1, -0.05) is 30.3 Å². The topological polar surface area (TPSA) is 88.5 Å². The quantitative estimate of drug-likeness (QED) is 0.653. The molecule has 0 atom stereocenters. The highest BCUT2D eigenvalue weighted by atomic mass is 16.5.